The minimum atomic E-state index is 0.616. The van der Waals surface area contributed by atoms with Gasteiger partial charge in [-0.05, 0) is 112 Å². The maximum absolute atomic E-state index is 6.65. The molecule has 2 aromatic heterocycles. The number of fused-ring (bicyclic) bond motifs is 3. The van der Waals surface area contributed by atoms with Gasteiger partial charge in [0.15, 0.2) is 0 Å². The zero-order chi connectivity index (χ0) is 34.7. The van der Waals surface area contributed by atoms with Crippen LogP contribution in [0, 0.1) is 6.92 Å². The predicted molar refractivity (Wildman–Crippen MR) is 216 cm³/mol. The second-order valence-electron chi connectivity index (χ2n) is 12.7. The first-order chi connectivity index (χ1) is 25.1. The molecule has 0 unspecified atom stereocenters. The summed E-state index contributed by atoms with van der Waals surface area (Å²) in [7, 11) is 0. The predicted octanol–water partition coefficient (Wildman–Crippen LogP) is 11.0. The molecule has 0 fully saturated rings. The van der Waals surface area contributed by atoms with Crippen LogP contribution in [0.15, 0.2) is 170 Å². The van der Waals surface area contributed by atoms with Crippen LogP contribution < -0.4 is 11.5 Å². The van der Waals surface area contributed by atoms with E-state index in [1.165, 1.54) is 38.2 Å². The van der Waals surface area contributed by atoms with E-state index in [9.17, 15) is 0 Å². The molecule has 2 heterocycles. The number of hydrogen-bond donors (Lipinski definition) is 2. The van der Waals surface area contributed by atoms with Gasteiger partial charge in [0.05, 0.1) is 28.3 Å². The Morgan fingerprint density at radius 1 is 0.667 bits per heavy atom. The number of nitrogens with zero attached hydrogens (tertiary/aromatic N) is 2. The van der Waals surface area contributed by atoms with E-state index in [0.717, 1.165) is 51.2 Å². The van der Waals surface area contributed by atoms with E-state index in [1.807, 2.05) is 42.5 Å². The second-order valence-corrected chi connectivity index (χ2v) is 12.7. The number of aromatic nitrogens is 2. The Morgan fingerprint density at radius 2 is 1.31 bits per heavy atom. The Labute approximate surface area is 298 Å². The van der Waals surface area contributed by atoms with Crippen molar-refractivity contribution in [2.24, 2.45) is 11.5 Å². The Bertz CT molecular complexity index is 2570. The van der Waals surface area contributed by atoms with Gasteiger partial charge in [-0.15, -0.1) is 0 Å². The Morgan fingerprint density at radius 3 is 2.00 bits per heavy atom. The van der Waals surface area contributed by atoms with Gasteiger partial charge >= 0.3 is 0 Å². The van der Waals surface area contributed by atoms with Crippen molar-refractivity contribution in [3.05, 3.63) is 193 Å². The van der Waals surface area contributed by atoms with Gasteiger partial charge in [0.2, 0.25) is 0 Å². The van der Waals surface area contributed by atoms with Crippen molar-refractivity contribution in [3.8, 4) is 28.1 Å². The number of para-hydroxylation sites is 1. The lowest BCUT2D eigenvalue weighted by molar-refractivity contribution is 1.10. The molecule has 246 valence electrons. The van der Waals surface area contributed by atoms with Gasteiger partial charge < -0.3 is 16.0 Å². The molecule has 4 nitrogen and oxygen atoms in total. The fraction of sp³-hybridized carbons (Fsp3) is 0.0426. The molecule has 0 aliphatic carbocycles. The molecule has 8 rings (SSSR count). The molecular weight excluding hydrogens is 621 g/mol. The van der Waals surface area contributed by atoms with Gasteiger partial charge in [-0.1, -0.05) is 121 Å². The summed E-state index contributed by atoms with van der Waals surface area (Å²) in [6, 6.07) is 51.0. The summed E-state index contributed by atoms with van der Waals surface area (Å²) >= 11 is 0. The first-order valence-electron chi connectivity index (χ1n) is 17.3. The minimum absolute atomic E-state index is 0.616. The molecule has 0 aliphatic heterocycles. The van der Waals surface area contributed by atoms with E-state index in [-0.39, 0.29) is 0 Å². The topological polar surface area (TPSA) is 69.9 Å². The lowest BCUT2D eigenvalue weighted by Crippen LogP contribution is -2.00. The number of benzene rings is 6. The second kappa shape index (κ2) is 13.7. The van der Waals surface area contributed by atoms with Crippen LogP contribution in [0.2, 0.25) is 0 Å². The zero-order valence-corrected chi connectivity index (χ0v) is 28.5. The number of hydrogen-bond acceptors (Lipinski definition) is 3. The van der Waals surface area contributed by atoms with Crippen molar-refractivity contribution in [3.63, 3.8) is 0 Å². The van der Waals surface area contributed by atoms with Gasteiger partial charge in [-0.25, -0.2) is 4.98 Å². The summed E-state index contributed by atoms with van der Waals surface area (Å²) in [5, 5.41) is 6.21. The number of allylic oxidation sites excluding steroid dienone is 3. The standard InChI is InChI=1S/C47H38N4/c1-32-41-31-34(27-28-46(41)51(45(32)29-30-48)35-17-6-3-7-18-35)43-25-14-26-44(50-43)42(49)24-13-12-19-36-37-20-8-10-22-39(37)47(33-15-4-2-5-16-33)40-23-11-9-21-38(36)40/h2-18,20-31H,19,48-49H2,1H3/b13-12-,30-29-,42-24-. The van der Waals surface area contributed by atoms with Crippen molar-refractivity contribution in [2.45, 2.75) is 13.3 Å². The molecule has 4 heteroatoms. The van der Waals surface area contributed by atoms with Gasteiger partial charge in [-0.2, -0.15) is 0 Å². The van der Waals surface area contributed by atoms with Crippen molar-refractivity contribution >= 4 is 44.2 Å². The lowest BCUT2D eigenvalue weighted by Gasteiger charge is -2.16. The quantitative estimate of drug-likeness (QED) is 0.126. The highest BCUT2D eigenvalue weighted by molar-refractivity contribution is 6.15. The van der Waals surface area contributed by atoms with Crippen LogP contribution in [-0.2, 0) is 6.42 Å². The average Bonchev–Trinajstić information content (AvgIpc) is 3.46. The van der Waals surface area contributed by atoms with Crippen LogP contribution in [0.5, 0.6) is 0 Å². The molecule has 8 aromatic rings. The summed E-state index contributed by atoms with van der Waals surface area (Å²) in [5.74, 6) is 0. The maximum Gasteiger partial charge on any atom is 0.0866 e. The molecule has 0 atom stereocenters. The average molecular weight is 659 g/mol. The minimum Gasteiger partial charge on any atom is -0.405 e. The van der Waals surface area contributed by atoms with Gasteiger partial charge in [0.1, 0.15) is 0 Å². The van der Waals surface area contributed by atoms with Crippen LogP contribution in [-0.4, -0.2) is 9.55 Å². The summed E-state index contributed by atoms with van der Waals surface area (Å²) in [4.78, 5) is 4.99. The normalized spacial score (nSPS) is 12.2. The van der Waals surface area contributed by atoms with E-state index < -0.39 is 0 Å². The van der Waals surface area contributed by atoms with Crippen LogP contribution in [0.25, 0.3) is 72.3 Å². The highest BCUT2D eigenvalue weighted by atomic mass is 15.0. The highest BCUT2D eigenvalue weighted by Crippen LogP contribution is 2.39. The third-order valence-corrected chi connectivity index (χ3v) is 9.72. The van der Waals surface area contributed by atoms with Crippen LogP contribution in [0.3, 0.4) is 0 Å². The Kier molecular flexibility index (Phi) is 8.49. The summed E-state index contributed by atoms with van der Waals surface area (Å²) < 4.78 is 2.25. The first kappa shape index (κ1) is 31.6. The van der Waals surface area contributed by atoms with Crippen molar-refractivity contribution in [2.75, 3.05) is 0 Å². The van der Waals surface area contributed by atoms with Crippen molar-refractivity contribution in [1.82, 2.24) is 9.55 Å². The van der Waals surface area contributed by atoms with Crippen molar-refractivity contribution in [1.29, 1.82) is 0 Å². The largest absolute Gasteiger partial charge is 0.405 e. The summed E-state index contributed by atoms with van der Waals surface area (Å²) in [5.41, 5.74) is 24.0. The molecule has 51 heavy (non-hydrogen) atoms. The first-order valence-corrected chi connectivity index (χ1v) is 17.3. The molecule has 6 aromatic carbocycles. The SMILES string of the molecule is Cc1c(/C=C\N)n(-c2ccccc2)c2ccc(-c3cccc(/C(N)=C/C=C\Cc4c5ccccc5c(-c5ccccc5)c5ccccc45)n3)cc12. The highest BCUT2D eigenvalue weighted by Gasteiger charge is 2.16. The van der Waals surface area contributed by atoms with Crippen molar-refractivity contribution < 1.29 is 0 Å². The van der Waals surface area contributed by atoms with E-state index in [4.69, 9.17) is 16.5 Å². The molecule has 0 saturated heterocycles. The molecule has 0 saturated carbocycles. The zero-order valence-electron chi connectivity index (χ0n) is 28.5. The molecule has 0 amide bonds. The lowest BCUT2D eigenvalue weighted by atomic mass is 9.87. The van der Waals surface area contributed by atoms with E-state index >= 15 is 0 Å². The van der Waals surface area contributed by atoms with Gasteiger partial charge in [-0.3, -0.25) is 0 Å². The number of aryl methyl sites for hydroxylation is 1. The molecule has 0 spiro atoms. The fourth-order valence-electron chi connectivity index (χ4n) is 7.33. The molecular formula is C47H38N4. The molecule has 0 radical (unpaired) electrons. The van der Waals surface area contributed by atoms with Gasteiger partial charge in [0, 0.05) is 16.6 Å². The number of nitrogens with two attached hydrogens (primary N) is 2. The Balaban J connectivity index is 1.10. The Hall–Kier alpha value is -6.65. The maximum atomic E-state index is 6.65. The van der Waals surface area contributed by atoms with E-state index in [1.54, 1.807) is 6.20 Å². The van der Waals surface area contributed by atoms with Crippen LogP contribution in [0.1, 0.15) is 22.5 Å². The fourth-order valence-corrected chi connectivity index (χ4v) is 7.33. The third-order valence-electron chi connectivity index (χ3n) is 9.72. The van der Waals surface area contributed by atoms with E-state index in [0.29, 0.717) is 5.70 Å². The number of rotatable bonds is 8. The third kappa shape index (κ3) is 5.87. The van der Waals surface area contributed by atoms with Gasteiger partial charge in [0.25, 0.3) is 0 Å². The van der Waals surface area contributed by atoms with E-state index in [2.05, 4.69) is 139 Å². The monoisotopic (exact) mass is 658 g/mol. The molecule has 0 bridgehead atoms. The smallest absolute Gasteiger partial charge is 0.0866 e. The molecule has 4 N–H and O–H groups in total. The summed E-state index contributed by atoms with van der Waals surface area (Å²) in [6.07, 6.45) is 10.5. The number of pyridine rings is 1. The van der Waals surface area contributed by atoms with Crippen LogP contribution >= 0.6 is 0 Å². The van der Waals surface area contributed by atoms with Crippen LogP contribution in [0.4, 0.5) is 0 Å². The summed E-state index contributed by atoms with van der Waals surface area (Å²) in [6.45, 7) is 2.14. The molecule has 0 aliphatic rings.